The molecule has 34 heavy (non-hydrogen) atoms. The summed E-state index contributed by atoms with van der Waals surface area (Å²) in [6.45, 7) is 4.46. The maximum atomic E-state index is 12.0. The van der Waals surface area contributed by atoms with Gasteiger partial charge in [-0.15, -0.1) is 0 Å². The number of carbonyl (C=O) groups excluding carboxylic acids is 3. The number of benzene rings is 2. The van der Waals surface area contributed by atoms with E-state index in [4.69, 9.17) is 32.7 Å². The predicted octanol–water partition coefficient (Wildman–Crippen LogP) is 3.39. The Kier molecular flexibility index (Phi) is 11.3. The first kappa shape index (κ1) is 27.1. The van der Waals surface area contributed by atoms with Crippen molar-refractivity contribution in [2.45, 2.75) is 26.4 Å². The fourth-order valence-corrected chi connectivity index (χ4v) is 2.76. The summed E-state index contributed by atoms with van der Waals surface area (Å²) < 4.78 is 10.8. The fraction of sp³-hybridized carbons (Fsp3) is 0.304. The van der Waals surface area contributed by atoms with Gasteiger partial charge in [0.1, 0.15) is 5.75 Å². The van der Waals surface area contributed by atoms with Crippen molar-refractivity contribution >= 4 is 52.8 Å². The Hall–Kier alpha value is -3.14. The number of carbonyl (C=O) groups is 3. The highest BCUT2D eigenvalue weighted by atomic mass is 35.5. The van der Waals surface area contributed by atoms with Gasteiger partial charge in [0.15, 0.2) is 6.61 Å². The minimum absolute atomic E-state index is 0.119. The van der Waals surface area contributed by atoms with Crippen LogP contribution < -0.4 is 20.8 Å². The second-order valence-corrected chi connectivity index (χ2v) is 8.08. The van der Waals surface area contributed by atoms with Crippen LogP contribution in [0.15, 0.2) is 47.6 Å². The normalized spacial score (nSPS) is 10.9. The smallest absolute Gasteiger partial charge is 0.329 e. The van der Waals surface area contributed by atoms with Gasteiger partial charge in [-0.3, -0.25) is 14.4 Å². The van der Waals surface area contributed by atoms with Crippen LogP contribution in [0.1, 0.15) is 25.8 Å². The van der Waals surface area contributed by atoms with Crippen LogP contribution in [0.4, 0.5) is 5.69 Å². The van der Waals surface area contributed by atoms with E-state index in [1.807, 2.05) is 13.8 Å². The summed E-state index contributed by atoms with van der Waals surface area (Å²) >= 11 is 11.8. The lowest BCUT2D eigenvalue weighted by molar-refractivity contribution is -0.139. The average molecular weight is 509 g/mol. The molecule has 9 nitrogen and oxygen atoms in total. The zero-order valence-electron chi connectivity index (χ0n) is 18.8. The first-order valence-corrected chi connectivity index (χ1v) is 11.2. The Morgan fingerprint density at radius 2 is 1.76 bits per heavy atom. The van der Waals surface area contributed by atoms with Crippen molar-refractivity contribution in [2.75, 3.05) is 25.1 Å². The number of hydrogen-bond acceptors (Lipinski definition) is 6. The molecule has 0 aliphatic carbocycles. The summed E-state index contributed by atoms with van der Waals surface area (Å²) in [5.41, 5.74) is 3.32. The lowest BCUT2D eigenvalue weighted by Gasteiger charge is -2.08. The molecule has 0 heterocycles. The van der Waals surface area contributed by atoms with Gasteiger partial charge in [-0.25, -0.2) is 5.43 Å². The van der Waals surface area contributed by atoms with Gasteiger partial charge in [-0.2, -0.15) is 5.10 Å². The number of amides is 3. The molecule has 2 aromatic carbocycles. The number of rotatable bonds is 11. The number of ether oxygens (including phenoxy) is 2. The predicted molar refractivity (Wildman–Crippen MR) is 131 cm³/mol. The number of hydrazone groups is 1. The first-order chi connectivity index (χ1) is 16.2. The molecule has 0 saturated carbocycles. The second-order valence-electron chi connectivity index (χ2n) is 7.26. The largest absolute Gasteiger partial charge is 0.484 e. The third-order valence-electron chi connectivity index (χ3n) is 4.10. The molecule has 0 fully saturated rings. The van der Waals surface area contributed by atoms with Gasteiger partial charge in [0, 0.05) is 18.8 Å². The Labute approximate surface area is 207 Å². The molecule has 2 aromatic rings. The molecule has 0 radical (unpaired) electrons. The van der Waals surface area contributed by atoms with Crippen LogP contribution in [0.5, 0.6) is 5.75 Å². The van der Waals surface area contributed by atoms with Gasteiger partial charge < -0.3 is 20.1 Å². The fourth-order valence-electron chi connectivity index (χ4n) is 2.46. The van der Waals surface area contributed by atoms with Crippen LogP contribution in [0.3, 0.4) is 0 Å². The summed E-state index contributed by atoms with van der Waals surface area (Å²) in [6, 6.07) is 11.4. The van der Waals surface area contributed by atoms with Crippen LogP contribution in [0.2, 0.25) is 10.0 Å². The highest BCUT2D eigenvalue weighted by Gasteiger charge is 2.11. The third kappa shape index (κ3) is 10.2. The second kappa shape index (κ2) is 14.2. The van der Waals surface area contributed by atoms with E-state index < -0.39 is 11.8 Å². The lowest BCUT2D eigenvalue weighted by Crippen LogP contribution is -2.38. The van der Waals surface area contributed by atoms with Gasteiger partial charge in [0.2, 0.25) is 0 Å². The van der Waals surface area contributed by atoms with Crippen molar-refractivity contribution in [3.63, 3.8) is 0 Å². The van der Waals surface area contributed by atoms with Crippen LogP contribution in [0, 0.1) is 0 Å². The minimum Gasteiger partial charge on any atom is -0.484 e. The molecule has 0 saturated heterocycles. The third-order valence-corrected chi connectivity index (χ3v) is 4.84. The van der Waals surface area contributed by atoms with Crippen LogP contribution in [-0.2, 0) is 19.1 Å². The molecule has 3 amide bonds. The van der Waals surface area contributed by atoms with E-state index in [1.165, 1.54) is 6.21 Å². The molecule has 182 valence electrons. The van der Waals surface area contributed by atoms with Crippen molar-refractivity contribution in [3.05, 3.63) is 58.1 Å². The number of nitrogens with one attached hydrogen (secondary N) is 3. The zero-order valence-corrected chi connectivity index (χ0v) is 20.3. The standard InChI is InChI=1S/C23H26Cl2N4O5/c1-15(2)33-11-3-10-26-22(31)23(32)29-27-13-16-4-7-18(8-5-16)34-14-21(30)28-17-6-9-19(24)20(25)12-17/h4-9,12-13,15H,3,10-11,14H2,1-2H3,(H,26,31)(H,28,30)(H,29,32)/b27-13-. The Morgan fingerprint density at radius 1 is 1.03 bits per heavy atom. The molecule has 0 unspecified atom stereocenters. The molecule has 0 spiro atoms. The van der Waals surface area contributed by atoms with E-state index in [-0.39, 0.29) is 18.6 Å². The summed E-state index contributed by atoms with van der Waals surface area (Å²) in [5.74, 6) is -1.54. The lowest BCUT2D eigenvalue weighted by atomic mass is 10.2. The molecular weight excluding hydrogens is 483 g/mol. The SMILES string of the molecule is CC(C)OCCCNC(=O)C(=O)N/N=C\c1ccc(OCC(=O)Nc2ccc(Cl)c(Cl)c2)cc1. The number of hydrogen-bond donors (Lipinski definition) is 3. The van der Waals surface area contributed by atoms with Gasteiger partial charge in [0.25, 0.3) is 5.91 Å². The maximum Gasteiger partial charge on any atom is 0.329 e. The Balaban J connectivity index is 1.70. The average Bonchev–Trinajstić information content (AvgIpc) is 2.80. The van der Waals surface area contributed by atoms with Gasteiger partial charge in [-0.1, -0.05) is 23.2 Å². The first-order valence-electron chi connectivity index (χ1n) is 10.4. The summed E-state index contributed by atoms with van der Waals surface area (Å²) in [4.78, 5) is 35.5. The van der Waals surface area contributed by atoms with Gasteiger partial charge >= 0.3 is 11.8 Å². The van der Waals surface area contributed by atoms with Crippen molar-refractivity contribution in [1.29, 1.82) is 0 Å². The monoisotopic (exact) mass is 508 g/mol. The van der Waals surface area contributed by atoms with E-state index in [2.05, 4.69) is 21.2 Å². The molecular formula is C23H26Cl2N4O5. The molecule has 0 aliphatic rings. The molecule has 3 N–H and O–H groups in total. The number of nitrogens with zero attached hydrogens (tertiary/aromatic N) is 1. The van der Waals surface area contributed by atoms with E-state index in [9.17, 15) is 14.4 Å². The maximum absolute atomic E-state index is 12.0. The van der Waals surface area contributed by atoms with Crippen LogP contribution in [-0.4, -0.2) is 49.8 Å². The van der Waals surface area contributed by atoms with Gasteiger partial charge in [-0.05, 0) is 68.3 Å². The Bertz CT molecular complexity index is 1010. The van der Waals surface area contributed by atoms with Crippen molar-refractivity contribution < 1.29 is 23.9 Å². The number of halogens is 2. The molecule has 0 bridgehead atoms. The minimum atomic E-state index is -0.867. The summed E-state index contributed by atoms with van der Waals surface area (Å²) in [6.07, 6.45) is 2.10. The van der Waals surface area contributed by atoms with E-state index in [0.29, 0.717) is 46.6 Å². The summed E-state index contributed by atoms with van der Waals surface area (Å²) in [5, 5.41) is 9.63. The quantitative estimate of drug-likeness (QED) is 0.186. The van der Waals surface area contributed by atoms with E-state index >= 15 is 0 Å². The molecule has 0 atom stereocenters. The topological polar surface area (TPSA) is 118 Å². The molecule has 11 heteroatoms. The molecule has 2 rings (SSSR count). The summed E-state index contributed by atoms with van der Waals surface area (Å²) in [7, 11) is 0. The highest BCUT2D eigenvalue weighted by molar-refractivity contribution is 6.42. The van der Waals surface area contributed by atoms with Crippen molar-refractivity contribution in [1.82, 2.24) is 10.7 Å². The highest BCUT2D eigenvalue weighted by Crippen LogP contribution is 2.25. The zero-order chi connectivity index (χ0) is 24.9. The van der Waals surface area contributed by atoms with Crippen molar-refractivity contribution in [2.24, 2.45) is 5.10 Å². The van der Waals surface area contributed by atoms with E-state index in [0.717, 1.165) is 0 Å². The van der Waals surface area contributed by atoms with Crippen LogP contribution in [0.25, 0.3) is 0 Å². The van der Waals surface area contributed by atoms with Crippen molar-refractivity contribution in [3.8, 4) is 5.75 Å². The van der Waals surface area contributed by atoms with E-state index in [1.54, 1.807) is 42.5 Å². The Morgan fingerprint density at radius 3 is 2.44 bits per heavy atom. The molecule has 0 aromatic heterocycles. The van der Waals surface area contributed by atoms with Gasteiger partial charge in [0.05, 0.1) is 22.4 Å². The number of anilines is 1. The van der Waals surface area contributed by atoms with Crippen LogP contribution >= 0.6 is 23.2 Å². The molecule has 0 aliphatic heterocycles.